The third-order valence-corrected chi connectivity index (χ3v) is 6.77. The number of aromatic hydroxyl groups is 1. The molecule has 4 aromatic rings. The number of anilines is 1. The van der Waals surface area contributed by atoms with Crippen molar-refractivity contribution in [2.45, 2.75) is 19.5 Å². The van der Waals surface area contributed by atoms with Crippen LogP contribution in [0, 0.1) is 6.92 Å². The molecule has 8 nitrogen and oxygen atoms in total. The van der Waals surface area contributed by atoms with Crippen molar-refractivity contribution in [3.8, 4) is 11.5 Å². The van der Waals surface area contributed by atoms with Crippen molar-refractivity contribution < 1.29 is 14.3 Å². The van der Waals surface area contributed by atoms with E-state index in [2.05, 4.69) is 14.8 Å². The van der Waals surface area contributed by atoms with Crippen molar-refractivity contribution in [3.63, 3.8) is 0 Å². The van der Waals surface area contributed by atoms with E-state index < -0.39 is 6.04 Å². The number of aromatic nitrogens is 2. The van der Waals surface area contributed by atoms with Gasteiger partial charge in [0, 0.05) is 38.1 Å². The zero-order chi connectivity index (χ0) is 25.1. The zero-order valence-corrected chi connectivity index (χ0v) is 20.5. The quantitative estimate of drug-likeness (QED) is 0.425. The van der Waals surface area contributed by atoms with Gasteiger partial charge in [-0.3, -0.25) is 9.69 Å². The van der Waals surface area contributed by atoms with Gasteiger partial charge in [0.15, 0.2) is 0 Å². The predicted octanol–water partition coefficient (Wildman–Crippen LogP) is 3.82. The highest BCUT2D eigenvalue weighted by Gasteiger charge is 2.32. The van der Waals surface area contributed by atoms with Gasteiger partial charge in [-0.15, -0.1) is 0 Å². The largest absolute Gasteiger partial charge is 0.507 e. The maximum absolute atomic E-state index is 13.9. The Morgan fingerprint density at radius 1 is 1.06 bits per heavy atom. The normalized spacial score (nSPS) is 15.1. The number of furan rings is 1. The first kappa shape index (κ1) is 23.7. The smallest absolute Gasteiger partial charge is 0.260 e. The van der Waals surface area contributed by atoms with Crippen molar-refractivity contribution in [3.05, 3.63) is 106 Å². The van der Waals surface area contributed by atoms with E-state index in [0.29, 0.717) is 36.7 Å². The van der Waals surface area contributed by atoms with Crippen molar-refractivity contribution >= 4 is 5.82 Å². The Hall–Kier alpha value is -4.04. The summed E-state index contributed by atoms with van der Waals surface area (Å²) >= 11 is 0. The molecule has 0 unspecified atom stereocenters. The van der Waals surface area contributed by atoms with Gasteiger partial charge in [0.05, 0.1) is 31.5 Å². The molecule has 1 aliphatic heterocycles. The maximum Gasteiger partial charge on any atom is 0.260 e. The molecule has 186 valence electrons. The van der Waals surface area contributed by atoms with Gasteiger partial charge >= 0.3 is 0 Å². The third kappa shape index (κ3) is 4.72. The fourth-order valence-electron chi connectivity index (χ4n) is 4.88. The minimum Gasteiger partial charge on any atom is -0.507 e. The summed E-state index contributed by atoms with van der Waals surface area (Å²) in [6.07, 6.45) is 3.39. The van der Waals surface area contributed by atoms with E-state index in [1.165, 1.54) is 0 Å². The fraction of sp³-hybridized carbons (Fsp3) is 0.286. The van der Waals surface area contributed by atoms with Gasteiger partial charge < -0.3 is 23.7 Å². The highest BCUT2D eigenvalue weighted by Crippen LogP contribution is 2.34. The van der Waals surface area contributed by atoms with Crippen molar-refractivity contribution in [1.82, 2.24) is 14.5 Å². The first-order chi connectivity index (χ1) is 17.5. The molecule has 36 heavy (non-hydrogen) atoms. The molecule has 0 amide bonds. The Bertz CT molecular complexity index is 1340. The number of aryl methyl sites for hydroxylation is 1. The van der Waals surface area contributed by atoms with Crippen molar-refractivity contribution in [2.24, 2.45) is 0 Å². The highest BCUT2D eigenvalue weighted by molar-refractivity contribution is 5.43. The Kier molecular flexibility index (Phi) is 6.77. The Labute approximate surface area is 210 Å². The third-order valence-electron chi connectivity index (χ3n) is 6.77. The van der Waals surface area contributed by atoms with Crippen LogP contribution in [0.4, 0.5) is 5.82 Å². The summed E-state index contributed by atoms with van der Waals surface area (Å²) in [5, 5.41) is 11.1. The lowest BCUT2D eigenvalue weighted by Crippen LogP contribution is -2.49. The second-order valence-electron chi connectivity index (χ2n) is 8.94. The van der Waals surface area contributed by atoms with E-state index in [4.69, 9.17) is 9.15 Å². The Morgan fingerprint density at radius 2 is 1.83 bits per heavy atom. The van der Waals surface area contributed by atoms with Gasteiger partial charge in [0.25, 0.3) is 5.56 Å². The van der Waals surface area contributed by atoms with E-state index in [-0.39, 0.29) is 11.3 Å². The number of ether oxygens (including phenoxy) is 1. The van der Waals surface area contributed by atoms with Crippen LogP contribution in [0.25, 0.3) is 0 Å². The molecule has 8 heteroatoms. The molecule has 5 rings (SSSR count). The molecule has 0 saturated carbocycles. The summed E-state index contributed by atoms with van der Waals surface area (Å²) in [6.45, 7) is 5.06. The molecule has 0 bridgehead atoms. The maximum atomic E-state index is 13.9. The summed E-state index contributed by atoms with van der Waals surface area (Å²) in [5.41, 5.74) is 1.73. The number of hydrogen-bond donors (Lipinski definition) is 1. The molecule has 4 heterocycles. The van der Waals surface area contributed by atoms with Crippen molar-refractivity contribution in [1.29, 1.82) is 0 Å². The number of benzene rings is 1. The second-order valence-corrected chi connectivity index (χ2v) is 8.94. The van der Waals surface area contributed by atoms with E-state index in [0.717, 1.165) is 30.2 Å². The van der Waals surface area contributed by atoms with Crippen LogP contribution >= 0.6 is 0 Å². The highest BCUT2D eigenvalue weighted by atomic mass is 16.5. The number of methoxy groups -OCH3 is 1. The zero-order valence-electron chi connectivity index (χ0n) is 20.5. The van der Waals surface area contributed by atoms with Crippen LogP contribution in [0.2, 0.25) is 0 Å². The number of nitrogens with zero attached hydrogens (tertiary/aromatic N) is 4. The summed E-state index contributed by atoms with van der Waals surface area (Å²) in [6, 6.07) is 18.5. The average Bonchev–Trinajstić information content (AvgIpc) is 3.43. The van der Waals surface area contributed by atoms with E-state index in [1.807, 2.05) is 55.5 Å². The van der Waals surface area contributed by atoms with Gasteiger partial charge in [-0.2, -0.15) is 0 Å². The number of pyridine rings is 2. The van der Waals surface area contributed by atoms with Crippen molar-refractivity contribution in [2.75, 3.05) is 38.2 Å². The van der Waals surface area contributed by atoms with E-state index in [1.54, 1.807) is 36.3 Å². The van der Waals surface area contributed by atoms with Crippen LogP contribution in [0.5, 0.6) is 11.5 Å². The molecule has 1 atom stereocenters. The van der Waals surface area contributed by atoms with Crippen LogP contribution in [-0.2, 0) is 6.54 Å². The molecule has 3 aromatic heterocycles. The predicted molar refractivity (Wildman–Crippen MR) is 138 cm³/mol. The summed E-state index contributed by atoms with van der Waals surface area (Å²) in [4.78, 5) is 22.9. The van der Waals surface area contributed by atoms with Crippen LogP contribution in [0.3, 0.4) is 0 Å². The lowest BCUT2D eigenvalue weighted by molar-refractivity contribution is 0.207. The Balaban J connectivity index is 1.53. The molecule has 1 aromatic carbocycles. The van der Waals surface area contributed by atoms with Crippen LogP contribution in [0.15, 0.2) is 82.3 Å². The topological polar surface area (TPSA) is 84.0 Å². The summed E-state index contributed by atoms with van der Waals surface area (Å²) in [7, 11) is 1.63. The lowest BCUT2D eigenvalue weighted by atomic mass is 9.95. The van der Waals surface area contributed by atoms with E-state index in [9.17, 15) is 9.90 Å². The van der Waals surface area contributed by atoms with Gasteiger partial charge in [-0.25, -0.2) is 4.98 Å². The lowest BCUT2D eigenvalue weighted by Gasteiger charge is -2.40. The Morgan fingerprint density at radius 3 is 2.47 bits per heavy atom. The molecular formula is C28H30N4O4. The number of piperazine rings is 1. The molecule has 1 aliphatic rings. The SMILES string of the molecule is COc1ccc([C@H](c2c(O)cc(C)n(Cc3ccco3)c2=O)N2CCN(c3ccccn3)CC2)cc1. The van der Waals surface area contributed by atoms with Gasteiger partial charge in [0.2, 0.25) is 0 Å². The minimum absolute atomic E-state index is 0.00108. The molecule has 0 radical (unpaired) electrons. The second kappa shape index (κ2) is 10.3. The van der Waals surface area contributed by atoms with Crippen LogP contribution in [-0.4, -0.2) is 52.8 Å². The fourth-order valence-corrected chi connectivity index (χ4v) is 4.88. The first-order valence-corrected chi connectivity index (χ1v) is 12.0. The molecule has 1 fully saturated rings. The minimum atomic E-state index is -0.419. The monoisotopic (exact) mass is 486 g/mol. The standard InChI is InChI=1S/C28H30N4O4/c1-20-18-24(33)26(28(34)32(20)19-23-6-5-17-36-23)27(21-8-10-22(35-2)11-9-21)31-15-13-30(14-16-31)25-7-3-4-12-29-25/h3-12,17-18,27,33H,13-16,19H2,1-2H3/t27-/m1/s1. The van der Waals surface area contributed by atoms with Gasteiger partial charge in [-0.1, -0.05) is 18.2 Å². The number of rotatable bonds is 7. The average molecular weight is 487 g/mol. The molecule has 1 N–H and O–H groups in total. The van der Waals surface area contributed by atoms with Crippen LogP contribution in [0.1, 0.15) is 28.6 Å². The first-order valence-electron chi connectivity index (χ1n) is 12.0. The van der Waals surface area contributed by atoms with Gasteiger partial charge in [-0.05, 0) is 55.0 Å². The molecule has 0 spiro atoms. The molecular weight excluding hydrogens is 456 g/mol. The summed E-state index contributed by atoms with van der Waals surface area (Å²) in [5.74, 6) is 2.36. The number of hydrogen-bond acceptors (Lipinski definition) is 7. The van der Waals surface area contributed by atoms with E-state index >= 15 is 0 Å². The summed E-state index contributed by atoms with van der Waals surface area (Å²) < 4.78 is 12.5. The molecule has 0 aliphatic carbocycles. The van der Waals surface area contributed by atoms with Crippen LogP contribution < -0.4 is 15.2 Å². The molecule has 1 saturated heterocycles. The van der Waals surface area contributed by atoms with Gasteiger partial charge in [0.1, 0.15) is 23.1 Å².